The van der Waals surface area contributed by atoms with Gasteiger partial charge in [0.2, 0.25) is 5.95 Å². The lowest BCUT2D eigenvalue weighted by Crippen LogP contribution is -2.60. The van der Waals surface area contributed by atoms with Gasteiger partial charge in [-0.25, -0.2) is 18.2 Å². The number of likely N-dealkylation sites (N-methyl/N-ethyl adjacent to an activating group) is 1. The van der Waals surface area contributed by atoms with E-state index >= 15 is 8.78 Å². The number of piperazine rings is 1. The van der Waals surface area contributed by atoms with E-state index in [1.807, 2.05) is 11.0 Å². The average molecular weight is 582 g/mol. The topological polar surface area (TPSA) is 110 Å². The number of nitrogens with two attached hydrogens (primary N) is 1. The predicted octanol–water partition coefficient (Wildman–Crippen LogP) is 4.38. The van der Waals surface area contributed by atoms with Gasteiger partial charge in [0.15, 0.2) is 0 Å². The maximum Gasteiger partial charge on any atom is 0.268 e. The van der Waals surface area contributed by atoms with E-state index in [-0.39, 0.29) is 43.0 Å². The number of fused-ring (bicyclic) bond motifs is 2. The van der Waals surface area contributed by atoms with E-state index in [2.05, 4.69) is 33.9 Å². The number of nitrogens with one attached hydrogen (secondary N) is 1. The largest absolute Gasteiger partial charge is 0.389 e. The first-order valence-electron chi connectivity index (χ1n) is 13.7. The summed E-state index contributed by atoms with van der Waals surface area (Å²) in [6.45, 7) is 10.3. The molecule has 41 heavy (non-hydrogen) atoms. The van der Waals surface area contributed by atoms with Gasteiger partial charge in [0, 0.05) is 62.5 Å². The van der Waals surface area contributed by atoms with Crippen LogP contribution in [0.3, 0.4) is 0 Å². The SMILES string of the molecule is CCN(CC)C1CN(c2nc(N3CCNCC3)c3cnc(-c4ccc(F)c5sc(N)c(C#N)c45)c(C(F)F)c3n2)C1. The number of aromatic nitrogens is 3. The monoisotopic (exact) mass is 581 g/mol. The van der Waals surface area contributed by atoms with Gasteiger partial charge in [-0.3, -0.25) is 9.88 Å². The Hall–Kier alpha value is -3.73. The Kier molecular flexibility index (Phi) is 7.31. The van der Waals surface area contributed by atoms with Crippen LogP contribution in [0.4, 0.5) is 29.9 Å². The first kappa shape index (κ1) is 27.4. The van der Waals surface area contributed by atoms with Crippen molar-refractivity contribution in [3.05, 3.63) is 35.3 Å². The first-order valence-corrected chi connectivity index (χ1v) is 14.5. The van der Waals surface area contributed by atoms with Crippen LogP contribution in [0.25, 0.3) is 32.2 Å². The minimum Gasteiger partial charge on any atom is -0.389 e. The van der Waals surface area contributed by atoms with Crippen molar-refractivity contribution >= 4 is 49.1 Å². The van der Waals surface area contributed by atoms with Gasteiger partial charge in [0.05, 0.1) is 32.4 Å². The lowest BCUT2D eigenvalue weighted by atomic mass is 9.98. The molecule has 0 amide bonds. The molecule has 9 nitrogen and oxygen atoms in total. The fourth-order valence-corrected chi connectivity index (χ4v) is 6.80. The van der Waals surface area contributed by atoms with Gasteiger partial charge in [-0.2, -0.15) is 10.2 Å². The van der Waals surface area contributed by atoms with Crippen LogP contribution in [0.2, 0.25) is 0 Å². The summed E-state index contributed by atoms with van der Waals surface area (Å²) in [6.07, 6.45) is -1.43. The molecule has 6 rings (SSSR count). The van der Waals surface area contributed by atoms with Crippen molar-refractivity contribution in [1.29, 1.82) is 5.26 Å². The third kappa shape index (κ3) is 4.60. The third-order valence-corrected chi connectivity index (χ3v) is 9.07. The van der Waals surface area contributed by atoms with Crippen molar-refractivity contribution < 1.29 is 13.2 Å². The van der Waals surface area contributed by atoms with E-state index in [0.717, 1.165) is 37.5 Å². The molecular weight excluding hydrogens is 551 g/mol. The van der Waals surface area contributed by atoms with Crippen LogP contribution < -0.4 is 20.9 Å². The highest BCUT2D eigenvalue weighted by Gasteiger charge is 2.34. The molecule has 0 spiro atoms. The lowest BCUT2D eigenvalue weighted by Gasteiger charge is -2.45. The van der Waals surface area contributed by atoms with Crippen molar-refractivity contribution in [1.82, 2.24) is 25.2 Å². The quantitative estimate of drug-likeness (QED) is 0.329. The van der Waals surface area contributed by atoms with E-state index in [4.69, 9.17) is 15.7 Å². The second-order valence-electron chi connectivity index (χ2n) is 10.2. The Labute approximate surface area is 239 Å². The molecule has 3 N–H and O–H groups in total. The van der Waals surface area contributed by atoms with Crippen molar-refractivity contribution in [2.75, 3.05) is 67.9 Å². The number of anilines is 3. The number of alkyl halides is 2. The summed E-state index contributed by atoms with van der Waals surface area (Å²) >= 11 is 0.917. The Balaban J connectivity index is 1.57. The number of nitrogen functional groups attached to an aromatic ring is 1. The normalized spacial score (nSPS) is 16.2. The van der Waals surface area contributed by atoms with Gasteiger partial charge >= 0.3 is 0 Å². The summed E-state index contributed by atoms with van der Waals surface area (Å²) in [6, 6.07) is 4.93. The molecule has 0 unspecified atom stereocenters. The minimum absolute atomic E-state index is 0.0488. The van der Waals surface area contributed by atoms with E-state index < -0.39 is 12.2 Å². The Morgan fingerprint density at radius 3 is 2.56 bits per heavy atom. The summed E-state index contributed by atoms with van der Waals surface area (Å²) in [5.41, 5.74) is 5.98. The lowest BCUT2D eigenvalue weighted by molar-refractivity contribution is 0.153. The Morgan fingerprint density at radius 1 is 1.17 bits per heavy atom. The number of nitrogens with zero attached hydrogens (tertiary/aromatic N) is 7. The molecule has 0 radical (unpaired) electrons. The summed E-state index contributed by atoms with van der Waals surface area (Å²) in [7, 11) is 0. The smallest absolute Gasteiger partial charge is 0.268 e. The van der Waals surface area contributed by atoms with Crippen molar-refractivity contribution in [2.24, 2.45) is 0 Å². The molecule has 2 saturated heterocycles. The predicted molar refractivity (Wildman–Crippen MR) is 156 cm³/mol. The molecule has 1 aromatic carbocycles. The molecule has 3 aromatic heterocycles. The molecule has 4 aromatic rings. The zero-order valence-electron chi connectivity index (χ0n) is 22.8. The third-order valence-electron chi connectivity index (χ3n) is 8.04. The van der Waals surface area contributed by atoms with Gasteiger partial charge in [-0.1, -0.05) is 13.8 Å². The maximum absolute atomic E-state index is 15.1. The zero-order chi connectivity index (χ0) is 28.8. The van der Waals surface area contributed by atoms with Crippen molar-refractivity contribution in [3.8, 4) is 17.3 Å². The highest BCUT2D eigenvalue weighted by Crippen LogP contribution is 2.44. The average Bonchev–Trinajstić information content (AvgIpc) is 3.30. The molecule has 0 bridgehead atoms. The van der Waals surface area contributed by atoms with Gasteiger partial charge in [0.1, 0.15) is 22.7 Å². The number of rotatable bonds is 7. The van der Waals surface area contributed by atoms with Crippen LogP contribution >= 0.6 is 11.3 Å². The summed E-state index contributed by atoms with van der Waals surface area (Å²) < 4.78 is 45.0. The molecule has 5 heterocycles. The van der Waals surface area contributed by atoms with E-state index in [1.54, 1.807) is 0 Å². The van der Waals surface area contributed by atoms with Crippen molar-refractivity contribution in [2.45, 2.75) is 26.3 Å². The van der Waals surface area contributed by atoms with Crippen LogP contribution in [-0.2, 0) is 0 Å². The summed E-state index contributed by atoms with van der Waals surface area (Å²) in [4.78, 5) is 20.6. The molecule has 2 aliphatic heterocycles. The molecule has 13 heteroatoms. The number of nitriles is 1. The standard InChI is InChI=1S/C28H30F3N9S/c1-3-38(4-2)15-13-40(14-15)28-36-23-18(27(37-28)39-9-7-34-8-10-39)12-35-22(21(23)25(30)31)16-5-6-19(29)24-20(16)17(11-32)26(33)41-24/h5-6,12,15,25,34H,3-4,7-10,13-14,33H2,1-2H3. The van der Waals surface area contributed by atoms with Gasteiger partial charge in [-0.05, 0) is 25.2 Å². The maximum atomic E-state index is 15.1. The van der Waals surface area contributed by atoms with Crippen LogP contribution in [0.5, 0.6) is 0 Å². The molecule has 2 fully saturated rings. The van der Waals surface area contributed by atoms with Crippen LogP contribution in [0.1, 0.15) is 31.4 Å². The highest BCUT2D eigenvalue weighted by molar-refractivity contribution is 7.23. The zero-order valence-corrected chi connectivity index (χ0v) is 23.6. The molecule has 0 atom stereocenters. The number of hydrogen-bond donors (Lipinski definition) is 2. The second kappa shape index (κ2) is 10.9. The van der Waals surface area contributed by atoms with E-state index in [0.29, 0.717) is 49.4 Å². The van der Waals surface area contributed by atoms with Gasteiger partial charge < -0.3 is 20.9 Å². The summed E-state index contributed by atoms with van der Waals surface area (Å²) in [5.74, 6) is 0.392. The first-order chi connectivity index (χ1) is 19.9. The minimum atomic E-state index is -2.94. The Morgan fingerprint density at radius 2 is 1.90 bits per heavy atom. The molecule has 0 saturated carbocycles. The molecule has 214 valence electrons. The van der Waals surface area contributed by atoms with Crippen LogP contribution in [0, 0.1) is 17.1 Å². The second-order valence-corrected chi connectivity index (χ2v) is 11.3. The molecule has 2 aliphatic rings. The summed E-state index contributed by atoms with van der Waals surface area (Å²) in [5, 5.41) is 13.8. The number of hydrogen-bond acceptors (Lipinski definition) is 10. The van der Waals surface area contributed by atoms with Gasteiger partial charge in [-0.15, -0.1) is 11.3 Å². The molecule has 0 aliphatic carbocycles. The fraction of sp³-hybridized carbons (Fsp3) is 0.429. The van der Waals surface area contributed by atoms with E-state index in [9.17, 15) is 9.65 Å². The van der Waals surface area contributed by atoms with Crippen molar-refractivity contribution in [3.63, 3.8) is 0 Å². The van der Waals surface area contributed by atoms with Gasteiger partial charge in [0.25, 0.3) is 6.43 Å². The number of thiophene rings is 1. The fourth-order valence-electron chi connectivity index (χ4n) is 5.85. The highest BCUT2D eigenvalue weighted by atomic mass is 32.1. The Bertz CT molecular complexity index is 1650. The van der Waals surface area contributed by atoms with E-state index in [1.165, 1.54) is 18.3 Å². The molecular formula is C28H30F3N9S. The number of pyridine rings is 1. The van der Waals surface area contributed by atoms with Crippen LogP contribution in [-0.4, -0.2) is 78.3 Å². The van der Waals surface area contributed by atoms with Crippen LogP contribution in [0.15, 0.2) is 18.3 Å². The number of halogens is 3. The number of benzene rings is 1.